The topological polar surface area (TPSA) is 81.9 Å². The van der Waals surface area contributed by atoms with Crippen LogP contribution in [0.3, 0.4) is 0 Å². The highest BCUT2D eigenvalue weighted by atomic mass is 32.2. The Bertz CT molecular complexity index is 917. The van der Waals surface area contributed by atoms with Gasteiger partial charge >= 0.3 is 6.29 Å². The average Bonchev–Trinajstić information content (AvgIpc) is 2.88. The molecule has 9 heteroatoms. The van der Waals surface area contributed by atoms with E-state index in [0.717, 1.165) is 5.56 Å². The van der Waals surface area contributed by atoms with E-state index >= 15 is 0 Å². The molecule has 2 aromatic carbocycles. The zero-order chi connectivity index (χ0) is 19.1. The first-order chi connectivity index (χ1) is 12.1. The van der Waals surface area contributed by atoms with Gasteiger partial charge in [-0.15, -0.1) is 8.78 Å². The van der Waals surface area contributed by atoms with E-state index in [1.54, 1.807) is 24.3 Å². The van der Waals surface area contributed by atoms with Crippen LogP contribution in [-0.4, -0.2) is 26.7 Å². The lowest BCUT2D eigenvalue weighted by Crippen LogP contribution is -2.26. The third-order valence-electron chi connectivity index (χ3n) is 4.28. The minimum Gasteiger partial charge on any atom is -0.395 e. The van der Waals surface area contributed by atoms with E-state index < -0.39 is 16.3 Å². The Hall–Kier alpha value is -2.23. The van der Waals surface area contributed by atoms with Gasteiger partial charge in [0.15, 0.2) is 11.5 Å². The lowest BCUT2D eigenvalue weighted by molar-refractivity contribution is -0.287. The Kier molecular flexibility index (Phi) is 4.63. The number of alkyl halides is 2. The molecule has 0 radical (unpaired) electrons. The lowest BCUT2D eigenvalue weighted by Gasteiger charge is -2.25. The summed E-state index contributed by atoms with van der Waals surface area (Å²) < 4.78 is 58.3. The van der Waals surface area contributed by atoms with Gasteiger partial charge in [-0.2, -0.15) is 0 Å². The standard InChI is InChI=1S/C17H18F2N2O4S/c1-11(12-6-8-14(9-7-12)26(20,22)23)21(2)10-13-4-3-5-15-16(13)25-17(18,19)24-15/h3-9,11H,10H2,1-2H3,(H2,20,22,23). The Morgan fingerprint density at radius 2 is 1.81 bits per heavy atom. The second kappa shape index (κ2) is 6.49. The SMILES string of the molecule is CC(c1ccc(S(N)(=O)=O)cc1)N(C)Cc1cccc2c1OC(F)(F)O2. The molecule has 0 amide bonds. The van der Waals surface area contributed by atoms with E-state index in [-0.39, 0.29) is 22.4 Å². The fraction of sp³-hybridized carbons (Fsp3) is 0.294. The highest BCUT2D eigenvalue weighted by molar-refractivity contribution is 7.89. The largest absolute Gasteiger partial charge is 0.586 e. The molecular weight excluding hydrogens is 366 g/mol. The normalized spacial score (nSPS) is 16.7. The molecule has 0 aliphatic carbocycles. The number of primary sulfonamides is 1. The summed E-state index contributed by atoms with van der Waals surface area (Å²) in [7, 11) is -1.92. The summed E-state index contributed by atoms with van der Waals surface area (Å²) in [6, 6.07) is 10.8. The van der Waals surface area contributed by atoms with E-state index in [0.29, 0.717) is 12.1 Å². The van der Waals surface area contributed by atoms with E-state index in [2.05, 4.69) is 9.47 Å². The van der Waals surface area contributed by atoms with Crippen LogP contribution in [0, 0.1) is 0 Å². The maximum Gasteiger partial charge on any atom is 0.586 e. The minimum atomic E-state index is -3.75. The summed E-state index contributed by atoms with van der Waals surface area (Å²) in [6.45, 7) is 2.25. The van der Waals surface area contributed by atoms with Gasteiger partial charge in [0, 0.05) is 18.2 Å². The van der Waals surface area contributed by atoms with Crippen molar-refractivity contribution in [1.82, 2.24) is 4.90 Å². The molecule has 2 aromatic rings. The van der Waals surface area contributed by atoms with E-state index in [1.807, 2.05) is 18.9 Å². The molecule has 0 fully saturated rings. The fourth-order valence-electron chi connectivity index (χ4n) is 2.75. The van der Waals surface area contributed by atoms with Crippen molar-refractivity contribution in [2.45, 2.75) is 30.7 Å². The molecule has 140 valence electrons. The number of halogens is 2. The van der Waals surface area contributed by atoms with E-state index in [4.69, 9.17) is 5.14 Å². The van der Waals surface area contributed by atoms with Crippen LogP contribution >= 0.6 is 0 Å². The first-order valence-electron chi connectivity index (χ1n) is 7.77. The molecule has 0 aromatic heterocycles. The smallest absolute Gasteiger partial charge is 0.395 e. The maximum atomic E-state index is 13.3. The van der Waals surface area contributed by atoms with Crippen LogP contribution < -0.4 is 14.6 Å². The number of nitrogens with zero attached hydrogens (tertiary/aromatic N) is 1. The number of hydrogen-bond donors (Lipinski definition) is 1. The first kappa shape index (κ1) is 18.6. The second-order valence-electron chi connectivity index (χ2n) is 6.12. The Labute approximate surface area is 150 Å². The molecule has 6 nitrogen and oxygen atoms in total. The van der Waals surface area contributed by atoms with Crippen LogP contribution in [0.2, 0.25) is 0 Å². The predicted molar refractivity (Wildman–Crippen MR) is 90.3 cm³/mol. The van der Waals surface area contributed by atoms with Gasteiger partial charge in [-0.05, 0) is 37.7 Å². The van der Waals surface area contributed by atoms with Crippen LogP contribution in [0.1, 0.15) is 24.1 Å². The number of rotatable bonds is 5. The molecule has 1 heterocycles. The number of sulfonamides is 1. The van der Waals surface area contributed by atoms with Crippen molar-refractivity contribution < 1.29 is 26.7 Å². The van der Waals surface area contributed by atoms with Gasteiger partial charge in [-0.1, -0.05) is 24.3 Å². The maximum absolute atomic E-state index is 13.3. The van der Waals surface area contributed by atoms with Crippen molar-refractivity contribution in [1.29, 1.82) is 0 Å². The molecule has 0 saturated heterocycles. The summed E-state index contributed by atoms with van der Waals surface area (Å²) in [5.74, 6) is 0.0344. The number of nitrogens with two attached hydrogens (primary N) is 1. The van der Waals surface area contributed by atoms with Crippen LogP contribution in [-0.2, 0) is 16.6 Å². The Morgan fingerprint density at radius 3 is 2.42 bits per heavy atom. The Balaban J connectivity index is 1.77. The molecule has 26 heavy (non-hydrogen) atoms. The first-order valence-corrected chi connectivity index (χ1v) is 9.32. The third-order valence-corrected chi connectivity index (χ3v) is 5.21. The Morgan fingerprint density at radius 1 is 1.15 bits per heavy atom. The number of ether oxygens (including phenoxy) is 2. The monoisotopic (exact) mass is 384 g/mol. The van der Waals surface area contributed by atoms with Crippen LogP contribution in [0.4, 0.5) is 8.78 Å². The van der Waals surface area contributed by atoms with Crippen LogP contribution in [0.5, 0.6) is 11.5 Å². The number of fused-ring (bicyclic) bond motifs is 1. The van der Waals surface area contributed by atoms with Gasteiger partial charge in [0.2, 0.25) is 10.0 Å². The van der Waals surface area contributed by atoms with Gasteiger partial charge < -0.3 is 9.47 Å². The minimum absolute atomic E-state index is 0.00561. The van der Waals surface area contributed by atoms with Crippen molar-refractivity contribution >= 4 is 10.0 Å². The number of hydrogen-bond acceptors (Lipinski definition) is 5. The van der Waals surface area contributed by atoms with Gasteiger partial charge in [0.05, 0.1) is 4.90 Å². The zero-order valence-corrected chi connectivity index (χ0v) is 15.0. The molecule has 2 N–H and O–H groups in total. The van der Waals surface area contributed by atoms with Gasteiger partial charge in [0.25, 0.3) is 0 Å². The fourth-order valence-corrected chi connectivity index (χ4v) is 3.26. The van der Waals surface area contributed by atoms with Crippen molar-refractivity contribution in [3.05, 3.63) is 53.6 Å². The van der Waals surface area contributed by atoms with Crippen molar-refractivity contribution in [2.75, 3.05) is 7.05 Å². The molecule has 1 atom stereocenters. The van der Waals surface area contributed by atoms with Crippen molar-refractivity contribution in [3.8, 4) is 11.5 Å². The van der Waals surface area contributed by atoms with Gasteiger partial charge in [-0.3, -0.25) is 4.90 Å². The quantitative estimate of drug-likeness (QED) is 0.857. The van der Waals surface area contributed by atoms with E-state index in [9.17, 15) is 17.2 Å². The molecular formula is C17H18F2N2O4S. The molecule has 0 bridgehead atoms. The molecule has 3 rings (SSSR count). The van der Waals surface area contributed by atoms with Crippen molar-refractivity contribution in [2.24, 2.45) is 5.14 Å². The van der Waals surface area contributed by atoms with Gasteiger partial charge in [-0.25, -0.2) is 13.6 Å². The summed E-state index contributed by atoms with van der Waals surface area (Å²) in [5.41, 5.74) is 1.42. The summed E-state index contributed by atoms with van der Waals surface area (Å²) in [4.78, 5) is 1.95. The van der Waals surface area contributed by atoms with Gasteiger partial charge in [0.1, 0.15) is 0 Å². The highest BCUT2D eigenvalue weighted by Gasteiger charge is 2.44. The highest BCUT2D eigenvalue weighted by Crippen LogP contribution is 2.43. The second-order valence-corrected chi connectivity index (χ2v) is 7.68. The van der Waals surface area contributed by atoms with Crippen LogP contribution in [0.15, 0.2) is 47.4 Å². The molecule has 1 unspecified atom stereocenters. The molecule has 1 aliphatic heterocycles. The molecule has 1 aliphatic rings. The number of para-hydroxylation sites is 1. The lowest BCUT2D eigenvalue weighted by atomic mass is 10.1. The predicted octanol–water partition coefficient (Wildman–Crippen LogP) is 2.85. The molecule has 0 saturated carbocycles. The van der Waals surface area contributed by atoms with Crippen molar-refractivity contribution in [3.63, 3.8) is 0 Å². The zero-order valence-electron chi connectivity index (χ0n) is 14.1. The summed E-state index contributed by atoms with van der Waals surface area (Å²) in [5, 5.41) is 5.09. The van der Waals surface area contributed by atoms with Crippen LogP contribution in [0.25, 0.3) is 0 Å². The number of benzene rings is 2. The van der Waals surface area contributed by atoms with E-state index in [1.165, 1.54) is 18.2 Å². The molecule has 0 spiro atoms. The third kappa shape index (κ3) is 3.79. The average molecular weight is 384 g/mol. The summed E-state index contributed by atoms with van der Waals surface area (Å²) >= 11 is 0. The summed E-state index contributed by atoms with van der Waals surface area (Å²) in [6.07, 6.45) is -3.66.